The van der Waals surface area contributed by atoms with Gasteiger partial charge in [0.15, 0.2) is 13.2 Å². The highest BCUT2D eigenvalue weighted by molar-refractivity contribution is 5.99. The van der Waals surface area contributed by atoms with Gasteiger partial charge >= 0.3 is 0 Å². The molecule has 0 aliphatic carbocycles. The van der Waals surface area contributed by atoms with Crippen molar-refractivity contribution in [2.75, 3.05) is 30.1 Å². The second-order valence-electron chi connectivity index (χ2n) is 9.86. The summed E-state index contributed by atoms with van der Waals surface area (Å²) in [6.45, 7) is 1.68. The average molecular weight is 568 g/mol. The third-order valence-corrected chi connectivity index (χ3v) is 7.19. The standard InChI is InChI=1S/C33H33N3O6/c1-23-20-31(36(24-8-4-3-5-9-24)33(38)22-41-26-14-12-25(39-2)13-15-26)29-10-6-7-11-30(29)35(23)32(37)21-40-27-16-18-28(42-34)19-17-27/h3-19,23,31H,20-22,34H2,1-2H3. The van der Waals surface area contributed by atoms with Gasteiger partial charge in [0.2, 0.25) is 0 Å². The van der Waals surface area contributed by atoms with Gasteiger partial charge in [0.25, 0.3) is 11.8 Å². The summed E-state index contributed by atoms with van der Waals surface area (Å²) in [5.41, 5.74) is 2.36. The molecule has 2 atom stereocenters. The Morgan fingerprint density at radius 3 is 2.00 bits per heavy atom. The van der Waals surface area contributed by atoms with Crippen LogP contribution in [0.1, 0.15) is 24.9 Å². The highest BCUT2D eigenvalue weighted by Gasteiger charge is 2.38. The number of rotatable bonds is 10. The lowest BCUT2D eigenvalue weighted by molar-refractivity contribution is -0.121. The molecule has 0 saturated carbocycles. The van der Waals surface area contributed by atoms with Crippen LogP contribution in [0.3, 0.4) is 0 Å². The Bertz CT molecular complexity index is 1490. The van der Waals surface area contributed by atoms with Crippen LogP contribution in [0, 0.1) is 0 Å². The molecule has 0 radical (unpaired) electrons. The summed E-state index contributed by atoms with van der Waals surface area (Å²) in [6.07, 6.45) is 0.522. The Morgan fingerprint density at radius 1 is 0.786 bits per heavy atom. The van der Waals surface area contributed by atoms with Gasteiger partial charge in [-0.2, -0.15) is 5.90 Å². The smallest absolute Gasteiger partial charge is 0.265 e. The highest BCUT2D eigenvalue weighted by atomic mass is 16.6. The zero-order chi connectivity index (χ0) is 29.5. The highest BCUT2D eigenvalue weighted by Crippen LogP contribution is 2.42. The van der Waals surface area contributed by atoms with Crippen molar-refractivity contribution in [2.24, 2.45) is 5.90 Å². The van der Waals surface area contributed by atoms with Gasteiger partial charge in [0.05, 0.1) is 13.2 Å². The predicted octanol–water partition coefficient (Wildman–Crippen LogP) is 5.31. The van der Waals surface area contributed by atoms with Crippen LogP contribution in [0.4, 0.5) is 11.4 Å². The molecular weight excluding hydrogens is 534 g/mol. The molecule has 0 aromatic heterocycles. The number of fused-ring (bicyclic) bond motifs is 1. The van der Waals surface area contributed by atoms with Gasteiger partial charge in [-0.25, -0.2) is 0 Å². The Balaban J connectivity index is 1.39. The van der Waals surface area contributed by atoms with Crippen LogP contribution < -0.4 is 34.7 Å². The van der Waals surface area contributed by atoms with Gasteiger partial charge in [0.1, 0.15) is 23.0 Å². The van der Waals surface area contributed by atoms with Crippen molar-refractivity contribution in [2.45, 2.75) is 25.4 Å². The molecule has 0 saturated heterocycles. The number of carbonyl (C=O) groups excluding carboxylic acids is 2. The number of nitrogens with two attached hydrogens (primary N) is 1. The zero-order valence-electron chi connectivity index (χ0n) is 23.5. The number of ether oxygens (including phenoxy) is 3. The van der Waals surface area contributed by atoms with Gasteiger partial charge in [-0.05, 0) is 85.6 Å². The summed E-state index contributed by atoms with van der Waals surface area (Å²) in [5.74, 6) is 7.09. The van der Waals surface area contributed by atoms with Crippen LogP contribution >= 0.6 is 0 Å². The molecule has 42 heavy (non-hydrogen) atoms. The number of carbonyl (C=O) groups is 2. The average Bonchev–Trinajstić information content (AvgIpc) is 3.03. The van der Waals surface area contributed by atoms with E-state index in [1.54, 1.807) is 65.4 Å². The third-order valence-electron chi connectivity index (χ3n) is 7.19. The van der Waals surface area contributed by atoms with Crippen LogP contribution in [-0.4, -0.2) is 38.2 Å². The number of hydrogen-bond donors (Lipinski definition) is 1. The molecule has 9 nitrogen and oxygen atoms in total. The zero-order valence-corrected chi connectivity index (χ0v) is 23.5. The number of hydrogen-bond acceptors (Lipinski definition) is 7. The predicted molar refractivity (Wildman–Crippen MR) is 160 cm³/mol. The van der Waals surface area contributed by atoms with E-state index in [-0.39, 0.29) is 37.1 Å². The van der Waals surface area contributed by atoms with Crippen LogP contribution in [0.15, 0.2) is 103 Å². The molecule has 4 aromatic carbocycles. The van der Waals surface area contributed by atoms with E-state index in [1.807, 2.05) is 61.5 Å². The molecule has 9 heteroatoms. The maximum absolute atomic E-state index is 13.8. The fraction of sp³-hybridized carbons (Fsp3) is 0.212. The van der Waals surface area contributed by atoms with E-state index in [0.717, 1.165) is 16.9 Å². The van der Waals surface area contributed by atoms with E-state index in [0.29, 0.717) is 29.4 Å². The van der Waals surface area contributed by atoms with E-state index >= 15 is 0 Å². The molecule has 4 aromatic rings. The first kappa shape index (κ1) is 28.5. The van der Waals surface area contributed by atoms with E-state index < -0.39 is 0 Å². The van der Waals surface area contributed by atoms with Gasteiger partial charge in [-0.3, -0.25) is 9.59 Å². The summed E-state index contributed by atoms with van der Waals surface area (Å²) < 4.78 is 16.9. The van der Waals surface area contributed by atoms with Crippen molar-refractivity contribution in [3.8, 4) is 23.0 Å². The number of para-hydroxylation sites is 2. The molecule has 216 valence electrons. The topological polar surface area (TPSA) is 104 Å². The third kappa shape index (κ3) is 6.31. The monoisotopic (exact) mass is 567 g/mol. The summed E-state index contributed by atoms with van der Waals surface area (Å²) in [5, 5.41) is 0. The van der Waals surface area contributed by atoms with E-state index in [4.69, 9.17) is 24.9 Å². The molecule has 5 rings (SSSR count). The maximum atomic E-state index is 13.8. The molecule has 2 N–H and O–H groups in total. The Morgan fingerprint density at radius 2 is 1.36 bits per heavy atom. The number of nitrogens with zero attached hydrogens (tertiary/aromatic N) is 2. The fourth-order valence-electron chi connectivity index (χ4n) is 5.21. The summed E-state index contributed by atoms with van der Waals surface area (Å²) in [6, 6.07) is 30.5. The number of anilines is 2. The largest absolute Gasteiger partial charge is 0.497 e. The first-order valence-electron chi connectivity index (χ1n) is 13.6. The molecule has 1 heterocycles. The van der Waals surface area contributed by atoms with Crippen LogP contribution in [0.2, 0.25) is 0 Å². The number of amides is 2. The minimum absolute atomic E-state index is 0.150. The van der Waals surface area contributed by atoms with Crippen molar-refractivity contribution in [3.63, 3.8) is 0 Å². The first-order chi connectivity index (χ1) is 20.5. The quantitative estimate of drug-likeness (QED) is 0.259. The Kier molecular flexibility index (Phi) is 8.89. The van der Waals surface area contributed by atoms with Gasteiger partial charge in [-0.1, -0.05) is 36.4 Å². The lowest BCUT2D eigenvalue weighted by Crippen LogP contribution is -2.49. The molecule has 2 amide bonds. The van der Waals surface area contributed by atoms with Crippen molar-refractivity contribution in [3.05, 3.63) is 109 Å². The number of methoxy groups -OCH3 is 1. The molecule has 0 fully saturated rings. The Labute approximate surface area is 244 Å². The lowest BCUT2D eigenvalue weighted by Gasteiger charge is -2.43. The van der Waals surface area contributed by atoms with Crippen molar-refractivity contribution < 1.29 is 28.6 Å². The summed E-state index contributed by atoms with van der Waals surface area (Å²) in [7, 11) is 1.60. The van der Waals surface area contributed by atoms with E-state index in [1.165, 1.54) is 0 Å². The van der Waals surface area contributed by atoms with Crippen molar-refractivity contribution in [1.29, 1.82) is 0 Å². The van der Waals surface area contributed by atoms with Crippen molar-refractivity contribution >= 4 is 23.2 Å². The normalized spacial score (nSPS) is 15.7. The second kappa shape index (κ2) is 13.1. The summed E-state index contributed by atoms with van der Waals surface area (Å²) in [4.78, 5) is 35.6. The van der Waals surface area contributed by atoms with Crippen LogP contribution in [-0.2, 0) is 9.59 Å². The van der Waals surface area contributed by atoms with Gasteiger partial charge in [-0.15, -0.1) is 0 Å². The minimum atomic E-state index is -0.320. The Hall–Kier alpha value is -5.02. The maximum Gasteiger partial charge on any atom is 0.265 e. The fourth-order valence-corrected chi connectivity index (χ4v) is 5.21. The molecule has 2 unspecified atom stereocenters. The van der Waals surface area contributed by atoms with Crippen molar-refractivity contribution in [1.82, 2.24) is 0 Å². The van der Waals surface area contributed by atoms with E-state index in [2.05, 4.69) is 0 Å². The number of benzene rings is 4. The molecule has 1 aliphatic heterocycles. The minimum Gasteiger partial charge on any atom is -0.497 e. The SMILES string of the molecule is COc1ccc(OCC(=O)N(c2ccccc2)C2CC(C)N(C(=O)COc3ccc(ON)cc3)c3ccccc32)cc1. The molecular formula is C33H33N3O6. The van der Waals surface area contributed by atoms with Gasteiger partial charge in [0, 0.05) is 17.4 Å². The second-order valence-corrected chi connectivity index (χ2v) is 9.86. The molecule has 0 bridgehead atoms. The van der Waals surface area contributed by atoms with Crippen LogP contribution in [0.5, 0.6) is 23.0 Å². The lowest BCUT2D eigenvalue weighted by atomic mass is 9.90. The summed E-state index contributed by atoms with van der Waals surface area (Å²) >= 11 is 0. The van der Waals surface area contributed by atoms with Crippen LogP contribution in [0.25, 0.3) is 0 Å². The van der Waals surface area contributed by atoms with E-state index in [9.17, 15) is 9.59 Å². The molecule has 1 aliphatic rings. The van der Waals surface area contributed by atoms with Gasteiger partial charge < -0.3 is 28.8 Å². The molecule has 0 spiro atoms. The first-order valence-corrected chi connectivity index (χ1v) is 13.6.